The molecule has 27 heavy (non-hydrogen) atoms. The van der Waals surface area contributed by atoms with Crippen molar-refractivity contribution < 1.29 is 18.5 Å². The Balaban J connectivity index is 2.41. The van der Waals surface area contributed by atoms with Gasteiger partial charge in [-0.2, -0.15) is 0 Å². The Morgan fingerprint density at radius 3 is 2.26 bits per heavy atom. The number of hydrogen-bond acceptors (Lipinski definition) is 5. The van der Waals surface area contributed by atoms with E-state index in [4.69, 9.17) is 9.05 Å². The molecule has 2 aromatic rings. The molecule has 0 bridgehead atoms. The van der Waals surface area contributed by atoms with Crippen molar-refractivity contribution >= 4 is 7.75 Å². The first-order chi connectivity index (χ1) is 12.8. The van der Waals surface area contributed by atoms with Crippen molar-refractivity contribution in [3.05, 3.63) is 89.0 Å². The first-order valence-electron chi connectivity index (χ1n) is 8.37. The first kappa shape index (κ1) is 20.8. The van der Waals surface area contributed by atoms with Crippen molar-refractivity contribution in [2.24, 2.45) is 0 Å². The minimum atomic E-state index is -3.94. The average Bonchev–Trinajstić information content (AvgIpc) is 2.66. The van der Waals surface area contributed by atoms with Crippen LogP contribution < -0.4 is 9.61 Å². The van der Waals surface area contributed by atoms with E-state index in [0.717, 1.165) is 0 Å². The SMILES string of the molecule is C=CCNP(=O)(Oc1ccccc1)OC(c1ccccc1)C(C)(C)[N+](=O)[O-]. The molecular weight excluding hydrogens is 367 g/mol. The van der Waals surface area contributed by atoms with Crippen LogP contribution in [-0.2, 0) is 9.09 Å². The topological polar surface area (TPSA) is 90.7 Å². The molecule has 0 saturated carbocycles. The van der Waals surface area contributed by atoms with Gasteiger partial charge in [0.15, 0.2) is 6.10 Å². The van der Waals surface area contributed by atoms with Gasteiger partial charge in [0.25, 0.3) is 0 Å². The Kier molecular flexibility index (Phi) is 6.91. The van der Waals surface area contributed by atoms with E-state index in [0.29, 0.717) is 11.3 Å². The van der Waals surface area contributed by atoms with Crippen LogP contribution in [0.4, 0.5) is 0 Å². The number of benzene rings is 2. The van der Waals surface area contributed by atoms with E-state index in [9.17, 15) is 14.7 Å². The van der Waals surface area contributed by atoms with Gasteiger partial charge in [0.1, 0.15) is 5.75 Å². The molecule has 2 aromatic carbocycles. The van der Waals surface area contributed by atoms with Crippen LogP contribution in [0.15, 0.2) is 73.3 Å². The summed E-state index contributed by atoms with van der Waals surface area (Å²) in [7, 11) is -3.94. The van der Waals surface area contributed by atoms with Crippen molar-refractivity contribution in [3.8, 4) is 5.75 Å². The molecule has 0 aliphatic carbocycles. The second kappa shape index (κ2) is 8.95. The third kappa shape index (κ3) is 5.50. The molecule has 0 heterocycles. The molecule has 1 N–H and O–H groups in total. The van der Waals surface area contributed by atoms with Gasteiger partial charge in [-0.25, -0.2) is 9.65 Å². The Morgan fingerprint density at radius 1 is 1.19 bits per heavy atom. The molecule has 0 aromatic heterocycles. The van der Waals surface area contributed by atoms with Gasteiger partial charge in [-0.15, -0.1) is 6.58 Å². The third-order valence-electron chi connectivity index (χ3n) is 3.86. The third-order valence-corrected chi connectivity index (χ3v) is 5.37. The lowest BCUT2D eigenvalue weighted by molar-refractivity contribution is -0.573. The van der Waals surface area contributed by atoms with Gasteiger partial charge in [-0.05, 0) is 17.7 Å². The molecule has 7 nitrogen and oxygen atoms in total. The highest BCUT2D eigenvalue weighted by molar-refractivity contribution is 7.52. The number of para-hydroxylation sites is 1. The van der Waals surface area contributed by atoms with E-state index in [1.54, 1.807) is 60.7 Å². The van der Waals surface area contributed by atoms with Crippen LogP contribution in [0, 0.1) is 10.1 Å². The fourth-order valence-corrected chi connectivity index (χ4v) is 3.94. The van der Waals surface area contributed by atoms with Gasteiger partial charge in [0.2, 0.25) is 5.54 Å². The van der Waals surface area contributed by atoms with Gasteiger partial charge in [-0.1, -0.05) is 54.6 Å². The van der Waals surface area contributed by atoms with Crippen molar-refractivity contribution in [1.29, 1.82) is 0 Å². The maximum Gasteiger partial charge on any atom is 0.459 e. The Morgan fingerprint density at radius 2 is 1.74 bits per heavy atom. The Labute approximate surface area is 158 Å². The van der Waals surface area contributed by atoms with Crippen LogP contribution in [-0.4, -0.2) is 17.0 Å². The maximum absolute atomic E-state index is 13.4. The summed E-state index contributed by atoms with van der Waals surface area (Å²) in [6.07, 6.45) is 0.390. The number of nitrogens with one attached hydrogen (secondary N) is 1. The molecule has 0 aliphatic rings. The molecule has 0 amide bonds. The Bertz CT molecular complexity index is 811. The molecule has 0 spiro atoms. The molecule has 0 aliphatic heterocycles. The molecular formula is C19H23N2O5P. The lowest BCUT2D eigenvalue weighted by Gasteiger charge is -2.30. The number of nitrogens with zero attached hydrogens (tertiary/aromatic N) is 1. The highest BCUT2D eigenvalue weighted by Crippen LogP contribution is 2.51. The molecule has 0 radical (unpaired) electrons. The summed E-state index contributed by atoms with van der Waals surface area (Å²) >= 11 is 0. The van der Waals surface area contributed by atoms with E-state index in [1.165, 1.54) is 19.9 Å². The normalized spacial score (nSPS) is 14.7. The monoisotopic (exact) mass is 390 g/mol. The van der Waals surface area contributed by atoms with Crippen LogP contribution in [0.5, 0.6) is 5.75 Å². The zero-order valence-corrected chi connectivity index (χ0v) is 16.2. The van der Waals surface area contributed by atoms with Crippen molar-refractivity contribution in [3.63, 3.8) is 0 Å². The van der Waals surface area contributed by atoms with E-state index < -0.39 is 24.3 Å². The molecule has 0 saturated heterocycles. The van der Waals surface area contributed by atoms with Crippen LogP contribution in [0.25, 0.3) is 0 Å². The minimum absolute atomic E-state index is 0.143. The van der Waals surface area contributed by atoms with Gasteiger partial charge in [0.05, 0.1) is 0 Å². The van der Waals surface area contributed by atoms with E-state index >= 15 is 0 Å². The lowest BCUT2D eigenvalue weighted by atomic mass is 9.92. The fraction of sp³-hybridized carbons (Fsp3) is 0.263. The largest absolute Gasteiger partial charge is 0.459 e. The highest BCUT2D eigenvalue weighted by Gasteiger charge is 2.47. The smallest absolute Gasteiger partial charge is 0.413 e. The summed E-state index contributed by atoms with van der Waals surface area (Å²) in [5.41, 5.74) is -1.02. The zero-order valence-electron chi connectivity index (χ0n) is 15.3. The first-order valence-corrected chi connectivity index (χ1v) is 9.91. The van der Waals surface area contributed by atoms with Crippen LogP contribution in [0.3, 0.4) is 0 Å². The lowest BCUT2D eigenvalue weighted by Crippen LogP contribution is -2.40. The van der Waals surface area contributed by atoms with Crippen molar-refractivity contribution in [2.45, 2.75) is 25.5 Å². The molecule has 2 rings (SSSR count). The van der Waals surface area contributed by atoms with Gasteiger partial charge >= 0.3 is 7.75 Å². The van der Waals surface area contributed by atoms with Gasteiger partial charge in [-0.3, -0.25) is 14.6 Å². The van der Waals surface area contributed by atoms with E-state index in [2.05, 4.69) is 11.7 Å². The quantitative estimate of drug-likeness (QED) is 0.272. The standard InChI is InChI=1S/C19H23N2O5P/c1-4-15-20-27(24,25-17-13-9-6-10-14-17)26-18(19(2,3)21(22)23)16-11-7-5-8-12-16/h4-14,18H,1,15H2,2-3H3,(H,20,24). The number of hydrogen-bond donors (Lipinski definition) is 1. The van der Waals surface area contributed by atoms with Crippen LogP contribution in [0.2, 0.25) is 0 Å². The van der Waals surface area contributed by atoms with Gasteiger partial charge < -0.3 is 4.52 Å². The van der Waals surface area contributed by atoms with E-state index in [-0.39, 0.29) is 6.54 Å². The summed E-state index contributed by atoms with van der Waals surface area (Å²) < 4.78 is 24.7. The predicted octanol–water partition coefficient (Wildman–Crippen LogP) is 4.76. The zero-order chi connectivity index (χ0) is 19.9. The summed E-state index contributed by atoms with van der Waals surface area (Å²) in [5, 5.41) is 14.3. The second-order valence-electron chi connectivity index (χ2n) is 6.36. The molecule has 8 heteroatoms. The van der Waals surface area contributed by atoms with Crippen molar-refractivity contribution in [2.75, 3.05) is 6.54 Å². The summed E-state index contributed by atoms with van der Waals surface area (Å²) in [6.45, 7) is 6.57. The van der Waals surface area contributed by atoms with E-state index in [1.807, 2.05) is 0 Å². The average molecular weight is 390 g/mol. The summed E-state index contributed by atoms with van der Waals surface area (Å²) in [5.74, 6) is 0.322. The molecule has 2 unspecified atom stereocenters. The number of nitro groups is 1. The Hall–Kier alpha value is -2.47. The predicted molar refractivity (Wildman–Crippen MR) is 104 cm³/mol. The van der Waals surface area contributed by atoms with Crippen LogP contribution >= 0.6 is 7.75 Å². The van der Waals surface area contributed by atoms with Crippen LogP contribution in [0.1, 0.15) is 25.5 Å². The minimum Gasteiger partial charge on any atom is -0.413 e. The maximum atomic E-state index is 13.4. The molecule has 144 valence electrons. The molecule has 2 atom stereocenters. The number of rotatable bonds is 10. The highest BCUT2D eigenvalue weighted by atomic mass is 31.2. The summed E-state index contributed by atoms with van der Waals surface area (Å²) in [6, 6.07) is 17.1. The fourth-order valence-electron chi connectivity index (χ4n) is 2.35. The van der Waals surface area contributed by atoms with Crippen molar-refractivity contribution in [1.82, 2.24) is 5.09 Å². The summed E-state index contributed by atoms with van der Waals surface area (Å²) in [4.78, 5) is 11.2. The second-order valence-corrected chi connectivity index (χ2v) is 8.06. The van der Waals surface area contributed by atoms with Gasteiger partial charge in [0, 0.05) is 25.3 Å². The molecule has 0 fully saturated rings.